The highest BCUT2D eigenvalue weighted by atomic mass is 16.5. The number of amides is 1. The third-order valence-electron chi connectivity index (χ3n) is 4.91. The van der Waals surface area contributed by atoms with Gasteiger partial charge in [0.2, 0.25) is 0 Å². The van der Waals surface area contributed by atoms with E-state index in [1.807, 2.05) is 25.1 Å². The van der Waals surface area contributed by atoms with Crippen molar-refractivity contribution in [3.05, 3.63) is 64.7 Å². The van der Waals surface area contributed by atoms with E-state index in [2.05, 4.69) is 62.3 Å². The van der Waals surface area contributed by atoms with Crippen LogP contribution in [0.5, 0.6) is 5.75 Å². The Morgan fingerprint density at radius 1 is 1.11 bits per heavy atom. The number of hydrogen-bond acceptors (Lipinski definition) is 3. The molecule has 0 saturated carbocycles. The van der Waals surface area contributed by atoms with Gasteiger partial charge in [-0.1, -0.05) is 57.2 Å². The summed E-state index contributed by atoms with van der Waals surface area (Å²) >= 11 is 0. The second-order valence-electron chi connectivity index (χ2n) is 7.82. The lowest BCUT2D eigenvalue weighted by Crippen LogP contribution is -2.36. The third kappa shape index (κ3) is 6.38. The summed E-state index contributed by atoms with van der Waals surface area (Å²) in [4.78, 5) is 14.8. The number of aryl methyl sites for hydroxylation is 1. The van der Waals surface area contributed by atoms with Gasteiger partial charge in [0.05, 0.1) is 0 Å². The molecule has 28 heavy (non-hydrogen) atoms. The third-order valence-corrected chi connectivity index (χ3v) is 4.91. The summed E-state index contributed by atoms with van der Waals surface area (Å²) in [7, 11) is 2.10. The highest BCUT2D eigenvalue weighted by molar-refractivity contribution is 5.80. The van der Waals surface area contributed by atoms with Crippen LogP contribution in [0, 0.1) is 6.92 Å². The number of carbonyl (C=O) groups excluding carboxylic acids is 1. The van der Waals surface area contributed by atoms with Gasteiger partial charge < -0.3 is 15.0 Å². The van der Waals surface area contributed by atoms with Gasteiger partial charge in [-0.3, -0.25) is 4.79 Å². The minimum Gasteiger partial charge on any atom is -0.481 e. The Hall–Kier alpha value is -2.33. The molecule has 152 valence electrons. The van der Waals surface area contributed by atoms with Crippen LogP contribution in [0.25, 0.3) is 0 Å². The van der Waals surface area contributed by atoms with Gasteiger partial charge in [0.1, 0.15) is 5.75 Å². The van der Waals surface area contributed by atoms with E-state index in [1.54, 1.807) is 6.92 Å². The largest absolute Gasteiger partial charge is 0.481 e. The molecular formula is C24H34N2O2. The summed E-state index contributed by atoms with van der Waals surface area (Å²) in [5.74, 6) is 1.03. The molecule has 0 bridgehead atoms. The lowest BCUT2D eigenvalue weighted by Gasteiger charge is -2.19. The normalized spacial score (nSPS) is 12.3. The molecule has 2 aromatic rings. The molecule has 4 heteroatoms. The van der Waals surface area contributed by atoms with Gasteiger partial charge in [-0.05, 0) is 61.7 Å². The van der Waals surface area contributed by atoms with Crippen molar-refractivity contribution in [2.75, 3.05) is 13.6 Å². The lowest BCUT2D eigenvalue weighted by atomic mass is 10.0. The highest BCUT2D eigenvalue weighted by Gasteiger charge is 2.17. The van der Waals surface area contributed by atoms with Crippen molar-refractivity contribution in [1.82, 2.24) is 10.2 Å². The van der Waals surface area contributed by atoms with Crippen molar-refractivity contribution in [3.63, 3.8) is 0 Å². The Kier molecular flexibility index (Phi) is 8.06. The molecule has 0 heterocycles. The molecule has 0 saturated heterocycles. The highest BCUT2D eigenvalue weighted by Crippen LogP contribution is 2.28. The molecule has 0 spiro atoms. The molecule has 0 aliphatic heterocycles. The second-order valence-corrected chi connectivity index (χ2v) is 7.82. The van der Waals surface area contributed by atoms with E-state index in [9.17, 15) is 4.79 Å². The monoisotopic (exact) mass is 382 g/mol. The summed E-state index contributed by atoms with van der Waals surface area (Å²) in [6.07, 6.45) is -0.547. The Labute approximate surface area is 169 Å². The number of ether oxygens (including phenoxy) is 1. The van der Waals surface area contributed by atoms with Crippen LogP contribution >= 0.6 is 0 Å². The first-order chi connectivity index (χ1) is 13.3. The maximum atomic E-state index is 12.6. The minimum atomic E-state index is -0.547. The van der Waals surface area contributed by atoms with Gasteiger partial charge >= 0.3 is 0 Å². The van der Waals surface area contributed by atoms with Crippen molar-refractivity contribution in [2.24, 2.45) is 0 Å². The van der Waals surface area contributed by atoms with Crippen molar-refractivity contribution in [3.8, 4) is 5.75 Å². The summed E-state index contributed by atoms with van der Waals surface area (Å²) < 4.78 is 6.01. The first-order valence-electron chi connectivity index (χ1n) is 10.1. The zero-order chi connectivity index (χ0) is 20.7. The maximum absolute atomic E-state index is 12.6. The smallest absolute Gasteiger partial charge is 0.261 e. The van der Waals surface area contributed by atoms with Crippen LogP contribution in [-0.4, -0.2) is 30.5 Å². The number of benzene rings is 2. The minimum absolute atomic E-state index is 0.104. The molecule has 0 radical (unpaired) electrons. The quantitative estimate of drug-likeness (QED) is 0.686. The molecule has 4 nitrogen and oxygen atoms in total. The molecule has 2 rings (SSSR count). The van der Waals surface area contributed by atoms with Crippen LogP contribution in [0.3, 0.4) is 0 Å². The van der Waals surface area contributed by atoms with Crippen molar-refractivity contribution < 1.29 is 9.53 Å². The van der Waals surface area contributed by atoms with Gasteiger partial charge in [-0.2, -0.15) is 0 Å². The summed E-state index contributed by atoms with van der Waals surface area (Å²) in [6, 6.07) is 14.5. The van der Waals surface area contributed by atoms with Gasteiger partial charge in [0.25, 0.3) is 5.91 Å². The standard InChI is InChI=1S/C24H34N2O2/c1-7-26(6)16-21-10-8-9-20(14-21)15-25-24(27)19(5)28-23-13-18(4)11-12-22(23)17(2)3/h8-14,17,19H,7,15-16H2,1-6H3,(H,25,27). The van der Waals surface area contributed by atoms with E-state index in [4.69, 9.17) is 4.74 Å². The molecule has 1 N–H and O–H groups in total. The van der Waals surface area contributed by atoms with Gasteiger partial charge in [0.15, 0.2) is 6.10 Å². The van der Waals surface area contributed by atoms with E-state index in [1.165, 1.54) is 5.56 Å². The number of nitrogens with zero attached hydrogens (tertiary/aromatic N) is 1. The Balaban J connectivity index is 1.97. The summed E-state index contributed by atoms with van der Waals surface area (Å²) in [5.41, 5.74) is 4.60. The second kappa shape index (κ2) is 10.3. The van der Waals surface area contributed by atoms with Gasteiger partial charge in [-0.25, -0.2) is 0 Å². The molecule has 0 aliphatic rings. The molecule has 1 atom stereocenters. The Morgan fingerprint density at radius 2 is 1.82 bits per heavy atom. The van der Waals surface area contributed by atoms with Crippen LogP contribution in [0.4, 0.5) is 0 Å². The van der Waals surface area contributed by atoms with E-state index in [0.717, 1.165) is 35.5 Å². The zero-order valence-electron chi connectivity index (χ0n) is 18.1. The first kappa shape index (κ1) is 22.0. The predicted molar refractivity (Wildman–Crippen MR) is 116 cm³/mol. The number of rotatable bonds is 9. The molecule has 0 aromatic heterocycles. The maximum Gasteiger partial charge on any atom is 0.261 e. The Bertz CT molecular complexity index is 786. The fourth-order valence-corrected chi connectivity index (χ4v) is 3.06. The van der Waals surface area contributed by atoms with Gasteiger partial charge in [-0.15, -0.1) is 0 Å². The molecular weight excluding hydrogens is 348 g/mol. The van der Waals surface area contributed by atoms with Crippen molar-refractivity contribution in [1.29, 1.82) is 0 Å². The van der Waals surface area contributed by atoms with Crippen LogP contribution in [0.2, 0.25) is 0 Å². The van der Waals surface area contributed by atoms with Crippen LogP contribution in [-0.2, 0) is 17.9 Å². The number of carbonyl (C=O) groups is 1. The van der Waals surface area contributed by atoms with E-state index < -0.39 is 6.10 Å². The van der Waals surface area contributed by atoms with Crippen molar-refractivity contribution in [2.45, 2.75) is 59.7 Å². The summed E-state index contributed by atoms with van der Waals surface area (Å²) in [6.45, 7) is 12.7. The molecule has 1 amide bonds. The fraction of sp³-hybridized carbons (Fsp3) is 0.458. The molecule has 0 aliphatic carbocycles. The average molecular weight is 383 g/mol. The summed E-state index contributed by atoms with van der Waals surface area (Å²) in [5, 5.41) is 3.00. The first-order valence-corrected chi connectivity index (χ1v) is 10.1. The van der Waals surface area contributed by atoms with Crippen molar-refractivity contribution >= 4 is 5.91 Å². The molecule has 1 unspecified atom stereocenters. The average Bonchev–Trinajstić information content (AvgIpc) is 2.66. The van der Waals surface area contributed by atoms with E-state index >= 15 is 0 Å². The SMILES string of the molecule is CCN(C)Cc1cccc(CNC(=O)C(C)Oc2cc(C)ccc2C(C)C)c1. The predicted octanol–water partition coefficient (Wildman–Crippen LogP) is 4.65. The Morgan fingerprint density at radius 3 is 2.50 bits per heavy atom. The zero-order valence-corrected chi connectivity index (χ0v) is 18.1. The van der Waals surface area contributed by atoms with E-state index in [0.29, 0.717) is 12.5 Å². The topological polar surface area (TPSA) is 41.6 Å². The van der Waals surface area contributed by atoms with Crippen LogP contribution in [0.15, 0.2) is 42.5 Å². The van der Waals surface area contributed by atoms with Crippen LogP contribution in [0.1, 0.15) is 55.9 Å². The number of nitrogens with one attached hydrogen (secondary N) is 1. The van der Waals surface area contributed by atoms with Crippen LogP contribution < -0.4 is 10.1 Å². The molecule has 0 fully saturated rings. The molecule has 2 aromatic carbocycles. The fourth-order valence-electron chi connectivity index (χ4n) is 3.06. The lowest BCUT2D eigenvalue weighted by molar-refractivity contribution is -0.127. The van der Waals surface area contributed by atoms with Gasteiger partial charge in [0, 0.05) is 13.1 Å². The van der Waals surface area contributed by atoms with E-state index in [-0.39, 0.29) is 5.91 Å². The number of hydrogen-bond donors (Lipinski definition) is 1.